The van der Waals surface area contributed by atoms with Gasteiger partial charge in [-0.25, -0.2) is 18.1 Å². The Kier molecular flexibility index (Phi) is 4.47. The molecule has 0 spiro atoms. The first-order chi connectivity index (χ1) is 8.88. The molecule has 7 heteroatoms. The number of aryl methyl sites for hydroxylation is 1. The third-order valence-corrected chi connectivity index (χ3v) is 6.73. The van der Waals surface area contributed by atoms with Crippen LogP contribution in [0.15, 0.2) is 4.21 Å². The molecule has 1 aromatic rings. The first-order valence-corrected chi connectivity index (χ1v) is 8.91. The summed E-state index contributed by atoms with van der Waals surface area (Å²) in [5.74, 6) is 1.23. The van der Waals surface area contributed by atoms with E-state index in [1.807, 2.05) is 0 Å². The van der Waals surface area contributed by atoms with E-state index < -0.39 is 10.0 Å². The fourth-order valence-electron chi connectivity index (χ4n) is 2.48. The molecule has 1 aliphatic rings. The minimum absolute atomic E-state index is 0.245. The van der Waals surface area contributed by atoms with Crippen LogP contribution in [-0.2, 0) is 10.0 Å². The molecule has 1 fully saturated rings. The van der Waals surface area contributed by atoms with Crippen molar-refractivity contribution in [1.29, 1.82) is 0 Å². The van der Waals surface area contributed by atoms with Gasteiger partial charge in [-0.2, -0.15) is 0 Å². The van der Waals surface area contributed by atoms with Gasteiger partial charge in [-0.15, -0.1) is 0 Å². The highest BCUT2D eigenvalue weighted by Crippen LogP contribution is 2.29. The second-order valence-corrected chi connectivity index (χ2v) is 8.40. The standard InChI is InChI=1S/C12H21N3O2S2/c1-8-3-5-10(6-4-8)7-14-19(16,17)11-9(2)15-12(13)18-11/h8,10,14H,3-7H2,1-2H3,(H2,13,15). The second kappa shape index (κ2) is 5.76. The van der Waals surface area contributed by atoms with Crippen molar-refractivity contribution < 1.29 is 8.42 Å². The van der Waals surface area contributed by atoms with E-state index in [0.29, 0.717) is 23.3 Å². The van der Waals surface area contributed by atoms with E-state index in [9.17, 15) is 8.42 Å². The molecule has 0 radical (unpaired) electrons. The lowest BCUT2D eigenvalue weighted by atomic mass is 9.83. The zero-order chi connectivity index (χ0) is 14.0. The fourth-order valence-corrected chi connectivity index (χ4v) is 4.94. The van der Waals surface area contributed by atoms with Crippen LogP contribution in [0.2, 0.25) is 0 Å². The Balaban J connectivity index is 1.96. The molecule has 2 rings (SSSR count). The molecule has 3 N–H and O–H groups in total. The number of hydrogen-bond donors (Lipinski definition) is 2. The molecule has 0 amide bonds. The van der Waals surface area contributed by atoms with Crippen molar-refractivity contribution in [3.05, 3.63) is 5.69 Å². The number of sulfonamides is 1. The van der Waals surface area contributed by atoms with E-state index in [1.165, 1.54) is 12.8 Å². The summed E-state index contributed by atoms with van der Waals surface area (Å²) in [6, 6.07) is 0. The lowest BCUT2D eigenvalue weighted by Gasteiger charge is -2.26. The van der Waals surface area contributed by atoms with Gasteiger partial charge in [0.15, 0.2) is 9.34 Å². The molecule has 1 aliphatic carbocycles. The molecule has 0 unspecified atom stereocenters. The van der Waals surface area contributed by atoms with Crippen LogP contribution < -0.4 is 10.5 Å². The number of aromatic nitrogens is 1. The molecule has 1 saturated carbocycles. The van der Waals surface area contributed by atoms with Gasteiger partial charge in [0.25, 0.3) is 10.0 Å². The number of rotatable bonds is 4. The van der Waals surface area contributed by atoms with Crippen molar-refractivity contribution in [2.45, 2.75) is 43.7 Å². The SMILES string of the molecule is Cc1nc(N)sc1S(=O)(=O)NCC1CCC(C)CC1. The largest absolute Gasteiger partial charge is 0.375 e. The van der Waals surface area contributed by atoms with E-state index in [1.54, 1.807) is 6.92 Å². The summed E-state index contributed by atoms with van der Waals surface area (Å²) in [6.07, 6.45) is 4.60. The van der Waals surface area contributed by atoms with Gasteiger partial charge in [0.05, 0.1) is 5.69 Å². The molecule has 0 atom stereocenters. The number of nitrogens with two attached hydrogens (primary N) is 1. The van der Waals surface area contributed by atoms with E-state index in [4.69, 9.17) is 5.73 Å². The molecule has 1 heterocycles. The Morgan fingerprint density at radius 2 is 2.00 bits per heavy atom. The minimum atomic E-state index is -3.46. The summed E-state index contributed by atoms with van der Waals surface area (Å²) >= 11 is 1.02. The van der Waals surface area contributed by atoms with Crippen LogP contribution in [0.1, 0.15) is 38.3 Å². The maximum atomic E-state index is 12.2. The van der Waals surface area contributed by atoms with Crippen molar-refractivity contribution in [1.82, 2.24) is 9.71 Å². The topological polar surface area (TPSA) is 85.1 Å². The molecule has 19 heavy (non-hydrogen) atoms. The average Bonchev–Trinajstić information content (AvgIpc) is 2.69. The molecule has 1 aromatic heterocycles. The quantitative estimate of drug-likeness (QED) is 0.892. The van der Waals surface area contributed by atoms with E-state index >= 15 is 0 Å². The van der Waals surface area contributed by atoms with E-state index in [-0.39, 0.29) is 4.21 Å². The second-order valence-electron chi connectivity index (χ2n) is 5.40. The number of nitrogens with one attached hydrogen (secondary N) is 1. The lowest BCUT2D eigenvalue weighted by molar-refractivity contribution is 0.290. The van der Waals surface area contributed by atoms with E-state index in [0.717, 1.165) is 30.1 Å². The molecule has 0 aliphatic heterocycles. The Morgan fingerprint density at radius 3 is 2.53 bits per heavy atom. The fraction of sp³-hybridized carbons (Fsp3) is 0.750. The number of hydrogen-bond acceptors (Lipinski definition) is 5. The monoisotopic (exact) mass is 303 g/mol. The predicted molar refractivity (Wildman–Crippen MR) is 77.6 cm³/mol. The van der Waals surface area contributed by atoms with Crippen molar-refractivity contribution >= 4 is 26.5 Å². The van der Waals surface area contributed by atoms with Gasteiger partial charge in [0.1, 0.15) is 0 Å². The van der Waals surface area contributed by atoms with Gasteiger partial charge in [-0.3, -0.25) is 0 Å². The van der Waals surface area contributed by atoms with Gasteiger partial charge >= 0.3 is 0 Å². The van der Waals surface area contributed by atoms with E-state index in [2.05, 4.69) is 16.6 Å². The van der Waals surface area contributed by atoms with Crippen LogP contribution in [-0.4, -0.2) is 19.9 Å². The van der Waals surface area contributed by atoms with Crippen LogP contribution in [0.5, 0.6) is 0 Å². The summed E-state index contributed by atoms with van der Waals surface area (Å²) in [4.78, 5) is 3.96. The number of thiazole rings is 1. The first kappa shape index (κ1) is 14.7. The van der Waals surface area contributed by atoms with Crippen molar-refractivity contribution in [2.75, 3.05) is 12.3 Å². The number of nitrogens with zero attached hydrogens (tertiary/aromatic N) is 1. The van der Waals surface area contributed by atoms with Gasteiger partial charge in [-0.05, 0) is 31.6 Å². The van der Waals surface area contributed by atoms with Crippen LogP contribution in [0.3, 0.4) is 0 Å². The molecular weight excluding hydrogens is 282 g/mol. The average molecular weight is 303 g/mol. The highest BCUT2D eigenvalue weighted by molar-refractivity contribution is 7.91. The Morgan fingerprint density at radius 1 is 1.37 bits per heavy atom. The van der Waals surface area contributed by atoms with Gasteiger partial charge in [-0.1, -0.05) is 31.1 Å². The maximum absolute atomic E-state index is 12.2. The van der Waals surface area contributed by atoms with Crippen molar-refractivity contribution in [3.8, 4) is 0 Å². The lowest BCUT2D eigenvalue weighted by Crippen LogP contribution is -2.31. The first-order valence-electron chi connectivity index (χ1n) is 6.61. The normalized spacial score (nSPS) is 24.5. The smallest absolute Gasteiger partial charge is 0.252 e. The van der Waals surface area contributed by atoms with Crippen LogP contribution >= 0.6 is 11.3 Å². The summed E-state index contributed by atoms with van der Waals surface area (Å²) in [6.45, 7) is 4.44. The van der Waals surface area contributed by atoms with Crippen LogP contribution in [0.25, 0.3) is 0 Å². The Labute approximate surface area is 118 Å². The molecule has 0 saturated heterocycles. The molecule has 108 valence electrons. The molecule has 0 bridgehead atoms. The summed E-state index contributed by atoms with van der Waals surface area (Å²) < 4.78 is 27.3. The third-order valence-electron chi connectivity index (χ3n) is 3.71. The highest BCUT2D eigenvalue weighted by atomic mass is 32.2. The molecule has 0 aromatic carbocycles. The Hall–Kier alpha value is -0.660. The highest BCUT2D eigenvalue weighted by Gasteiger charge is 2.24. The van der Waals surface area contributed by atoms with Crippen LogP contribution in [0, 0.1) is 18.8 Å². The van der Waals surface area contributed by atoms with Crippen molar-refractivity contribution in [3.63, 3.8) is 0 Å². The van der Waals surface area contributed by atoms with Gasteiger partial charge < -0.3 is 5.73 Å². The maximum Gasteiger partial charge on any atom is 0.252 e. The summed E-state index contributed by atoms with van der Waals surface area (Å²) in [7, 11) is -3.46. The summed E-state index contributed by atoms with van der Waals surface area (Å²) in [5.41, 5.74) is 6.02. The molecule has 5 nitrogen and oxygen atoms in total. The Bertz CT molecular complexity index is 531. The predicted octanol–water partition coefficient (Wildman–Crippen LogP) is 2.14. The zero-order valence-electron chi connectivity index (χ0n) is 11.3. The number of anilines is 1. The zero-order valence-corrected chi connectivity index (χ0v) is 13.0. The minimum Gasteiger partial charge on any atom is -0.375 e. The summed E-state index contributed by atoms with van der Waals surface area (Å²) in [5, 5.41) is 0.296. The van der Waals surface area contributed by atoms with Crippen molar-refractivity contribution in [2.24, 2.45) is 11.8 Å². The molecular formula is C12H21N3O2S2. The van der Waals surface area contributed by atoms with Gasteiger partial charge in [0.2, 0.25) is 0 Å². The van der Waals surface area contributed by atoms with Crippen LogP contribution in [0.4, 0.5) is 5.13 Å². The van der Waals surface area contributed by atoms with Gasteiger partial charge in [0, 0.05) is 6.54 Å². The third kappa shape index (κ3) is 3.67. The number of nitrogen functional groups attached to an aromatic ring is 1.